The Balaban J connectivity index is 1.31. The summed E-state index contributed by atoms with van der Waals surface area (Å²) in [5, 5.41) is 17.1. The first-order valence-electron chi connectivity index (χ1n) is 9.30. The van der Waals surface area contributed by atoms with Gasteiger partial charge in [0, 0.05) is 12.1 Å². The van der Waals surface area contributed by atoms with Gasteiger partial charge in [-0.1, -0.05) is 12.1 Å². The molecule has 8 nitrogen and oxygen atoms in total. The number of carbonyl (C=O) groups is 1. The normalized spacial score (nSPS) is 14.1. The van der Waals surface area contributed by atoms with E-state index in [4.69, 9.17) is 9.15 Å². The molecule has 1 aromatic heterocycles. The van der Waals surface area contributed by atoms with Gasteiger partial charge in [-0.3, -0.25) is 4.79 Å². The van der Waals surface area contributed by atoms with Gasteiger partial charge in [0.05, 0.1) is 13.1 Å². The second-order valence-electron chi connectivity index (χ2n) is 7.29. The van der Waals surface area contributed by atoms with Crippen LogP contribution in [0.3, 0.4) is 0 Å². The Labute approximate surface area is 168 Å². The zero-order valence-electron chi connectivity index (χ0n) is 16.3. The van der Waals surface area contributed by atoms with Crippen LogP contribution >= 0.6 is 0 Å². The number of carbonyl (C=O) groups excluding carboxylic acids is 1. The number of aromatic hydroxyl groups is 1. The summed E-state index contributed by atoms with van der Waals surface area (Å²) < 4.78 is 11.4. The van der Waals surface area contributed by atoms with Gasteiger partial charge in [0.25, 0.3) is 0 Å². The monoisotopic (exact) mass is 394 g/mol. The highest BCUT2D eigenvalue weighted by molar-refractivity contribution is 5.90. The maximum atomic E-state index is 12.5. The summed E-state index contributed by atoms with van der Waals surface area (Å²) in [5.41, 5.74) is 1.85. The van der Waals surface area contributed by atoms with Crippen molar-refractivity contribution in [2.75, 3.05) is 27.2 Å². The molecule has 3 aromatic rings. The summed E-state index contributed by atoms with van der Waals surface area (Å²) in [7, 11) is 4.06. The van der Waals surface area contributed by atoms with E-state index in [0.717, 1.165) is 12.3 Å². The molecule has 2 aromatic carbocycles. The Hall–Kier alpha value is -3.39. The average Bonchev–Trinajstić information content (AvgIpc) is 3.15. The molecule has 0 aliphatic carbocycles. The van der Waals surface area contributed by atoms with Crippen LogP contribution in [-0.2, 0) is 6.54 Å². The SMILES string of the molecule is CN(C)Cc1ccc(OC2CN(C(=O)c3nnc(-c4ccc(O)cc4)o3)C2)cc1. The molecule has 0 spiro atoms. The number of ether oxygens (including phenoxy) is 1. The summed E-state index contributed by atoms with van der Waals surface area (Å²) in [6, 6.07) is 14.3. The van der Waals surface area contributed by atoms with Crippen LogP contribution in [0.25, 0.3) is 11.5 Å². The number of likely N-dealkylation sites (tertiary alicyclic amines) is 1. The molecule has 2 heterocycles. The minimum Gasteiger partial charge on any atom is -0.508 e. The number of benzene rings is 2. The molecule has 29 heavy (non-hydrogen) atoms. The van der Waals surface area contributed by atoms with Crippen molar-refractivity contribution >= 4 is 5.91 Å². The third kappa shape index (κ3) is 4.38. The van der Waals surface area contributed by atoms with Gasteiger partial charge in [-0.25, -0.2) is 0 Å². The molecular weight excluding hydrogens is 372 g/mol. The Morgan fingerprint density at radius 1 is 1.14 bits per heavy atom. The molecule has 1 fully saturated rings. The molecule has 8 heteroatoms. The van der Waals surface area contributed by atoms with E-state index in [-0.39, 0.29) is 29.5 Å². The molecule has 0 saturated carbocycles. The Morgan fingerprint density at radius 2 is 1.83 bits per heavy atom. The fraction of sp³-hybridized carbons (Fsp3) is 0.286. The first-order chi connectivity index (χ1) is 14.0. The summed E-state index contributed by atoms with van der Waals surface area (Å²) in [6.45, 7) is 1.81. The van der Waals surface area contributed by atoms with Gasteiger partial charge < -0.3 is 24.1 Å². The van der Waals surface area contributed by atoms with Gasteiger partial charge in [-0.05, 0) is 56.1 Å². The molecule has 0 radical (unpaired) electrons. The highest BCUT2D eigenvalue weighted by Crippen LogP contribution is 2.23. The van der Waals surface area contributed by atoms with E-state index in [1.54, 1.807) is 17.0 Å². The van der Waals surface area contributed by atoms with Crippen LogP contribution in [0.15, 0.2) is 52.9 Å². The van der Waals surface area contributed by atoms with E-state index in [2.05, 4.69) is 15.1 Å². The third-order valence-corrected chi connectivity index (χ3v) is 4.58. The standard InChI is InChI=1S/C21H22N4O4/c1-24(2)11-14-3-9-17(10-4-14)28-18-12-25(13-18)21(27)20-23-22-19(29-20)15-5-7-16(26)8-6-15/h3-10,18,26H,11-13H2,1-2H3. The second kappa shape index (κ2) is 7.92. The van der Waals surface area contributed by atoms with Crippen molar-refractivity contribution in [1.29, 1.82) is 0 Å². The maximum Gasteiger partial charge on any atom is 0.311 e. The first-order valence-corrected chi connectivity index (χ1v) is 9.30. The lowest BCUT2D eigenvalue weighted by atomic mass is 10.1. The van der Waals surface area contributed by atoms with Crippen molar-refractivity contribution in [3.63, 3.8) is 0 Å². The number of aromatic nitrogens is 2. The molecule has 1 amide bonds. The molecule has 1 aliphatic rings. The number of phenolic OH excluding ortho intramolecular Hbond substituents is 1. The van der Waals surface area contributed by atoms with Crippen molar-refractivity contribution in [3.8, 4) is 23.0 Å². The van der Waals surface area contributed by atoms with Crippen molar-refractivity contribution < 1.29 is 19.1 Å². The van der Waals surface area contributed by atoms with Crippen molar-refractivity contribution in [2.24, 2.45) is 0 Å². The third-order valence-electron chi connectivity index (χ3n) is 4.58. The fourth-order valence-corrected chi connectivity index (χ4v) is 3.08. The summed E-state index contributed by atoms with van der Waals surface area (Å²) in [5.74, 6) is 0.795. The second-order valence-corrected chi connectivity index (χ2v) is 7.29. The van der Waals surface area contributed by atoms with E-state index < -0.39 is 0 Å². The zero-order chi connectivity index (χ0) is 20.4. The quantitative estimate of drug-likeness (QED) is 0.686. The lowest BCUT2D eigenvalue weighted by Gasteiger charge is -2.38. The summed E-state index contributed by atoms with van der Waals surface area (Å²) in [4.78, 5) is 16.2. The minimum absolute atomic E-state index is 0.0560. The van der Waals surface area contributed by atoms with E-state index in [0.29, 0.717) is 18.7 Å². The van der Waals surface area contributed by atoms with Crippen LogP contribution in [-0.4, -0.2) is 64.3 Å². The van der Waals surface area contributed by atoms with Gasteiger partial charge >= 0.3 is 11.8 Å². The van der Waals surface area contributed by atoms with Gasteiger partial charge in [0.2, 0.25) is 5.89 Å². The van der Waals surface area contributed by atoms with E-state index >= 15 is 0 Å². The van der Waals surface area contributed by atoms with Crippen molar-refractivity contribution in [1.82, 2.24) is 20.0 Å². The van der Waals surface area contributed by atoms with Gasteiger partial charge in [0.1, 0.15) is 17.6 Å². The predicted octanol–water partition coefficient (Wildman–Crippen LogP) is 2.41. The van der Waals surface area contributed by atoms with Gasteiger partial charge in [-0.15, -0.1) is 10.2 Å². The van der Waals surface area contributed by atoms with Crippen molar-refractivity contribution in [3.05, 3.63) is 60.0 Å². The van der Waals surface area contributed by atoms with Crippen LogP contribution in [0.5, 0.6) is 11.5 Å². The van der Waals surface area contributed by atoms with E-state index in [1.165, 1.54) is 17.7 Å². The number of rotatable bonds is 6. The highest BCUT2D eigenvalue weighted by Gasteiger charge is 2.35. The van der Waals surface area contributed by atoms with Crippen LogP contribution in [0, 0.1) is 0 Å². The highest BCUT2D eigenvalue weighted by atomic mass is 16.5. The number of phenols is 1. The molecule has 1 saturated heterocycles. The topological polar surface area (TPSA) is 91.9 Å². The van der Waals surface area contributed by atoms with Crippen LogP contribution < -0.4 is 4.74 Å². The molecule has 0 unspecified atom stereocenters. The molecule has 4 rings (SSSR count). The van der Waals surface area contributed by atoms with Crippen LogP contribution in [0.4, 0.5) is 0 Å². The largest absolute Gasteiger partial charge is 0.508 e. The maximum absolute atomic E-state index is 12.5. The first kappa shape index (κ1) is 18.9. The average molecular weight is 394 g/mol. The Morgan fingerprint density at radius 3 is 2.48 bits per heavy atom. The number of nitrogens with zero attached hydrogens (tertiary/aromatic N) is 4. The molecule has 1 aliphatic heterocycles. The number of hydrogen-bond donors (Lipinski definition) is 1. The Bertz CT molecular complexity index is 977. The predicted molar refractivity (Wildman–Crippen MR) is 106 cm³/mol. The Kier molecular flexibility index (Phi) is 5.18. The molecule has 1 N–H and O–H groups in total. The lowest BCUT2D eigenvalue weighted by molar-refractivity contribution is 0.0150. The van der Waals surface area contributed by atoms with Crippen molar-refractivity contribution in [2.45, 2.75) is 12.6 Å². The molecule has 0 bridgehead atoms. The van der Waals surface area contributed by atoms with Crippen LogP contribution in [0.1, 0.15) is 16.2 Å². The summed E-state index contributed by atoms with van der Waals surface area (Å²) >= 11 is 0. The van der Waals surface area contributed by atoms with Crippen LogP contribution in [0.2, 0.25) is 0 Å². The van der Waals surface area contributed by atoms with Gasteiger partial charge in [-0.2, -0.15) is 0 Å². The number of hydrogen-bond acceptors (Lipinski definition) is 7. The zero-order valence-corrected chi connectivity index (χ0v) is 16.3. The molecule has 0 atom stereocenters. The molecule has 150 valence electrons. The van der Waals surface area contributed by atoms with Gasteiger partial charge in [0.15, 0.2) is 0 Å². The number of amides is 1. The smallest absolute Gasteiger partial charge is 0.311 e. The molecular formula is C21H22N4O4. The van der Waals surface area contributed by atoms with E-state index in [1.807, 2.05) is 38.4 Å². The summed E-state index contributed by atoms with van der Waals surface area (Å²) in [6.07, 6.45) is -0.0573. The van der Waals surface area contributed by atoms with E-state index in [9.17, 15) is 9.90 Å². The minimum atomic E-state index is -0.316. The lowest BCUT2D eigenvalue weighted by Crippen LogP contribution is -2.56. The fourth-order valence-electron chi connectivity index (χ4n) is 3.08.